The highest BCUT2D eigenvalue weighted by atomic mass is 16.6. The summed E-state index contributed by atoms with van der Waals surface area (Å²) in [4.78, 5) is 38.7. The van der Waals surface area contributed by atoms with Crippen molar-refractivity contribution in [3.63, 3.8) is 0 Å². The lowest BCUT2D eigenvalue weighted by Gasteiger charge is -2.53. The summed E-state index contributed by atoms with van der Waals surface area (Å²) >= 11 is 0. The van der Waals surface area contributed by atoms with E-state index >= 15 is 0 Å². The molecule has 4 rings (SSSR count). The van der Waals surface area contributed by atoms with Crippen molar-refractivity contribution >= 4 is 17.7 Å². The molecule has 2 fully saturated rings. The van der Waals surface area contributed by atoms with Gasteiger partial charge in [0.25, 0.3) is 0 Å². The SMILES string of the molecule is CCC/C=C/C=C/C=C\C(=O)O[C@@H]1[C@@H](C)[C@]2(O)[C@H]3C=C(C)C(=O)[C@@]3(O)CC(CO)=C[C@H]2[C@H]2C(C)(C)[C@]12OC(C)=O. The van der Waals surface area contributed by atoms with E-state index in [1.165, 1.54) is 13.0 Å². The van der Waals surface area contributed by atoms with Crippen LogP contribution in [0.5, 0.6) is 0 Å². The Hall–Kier alpha value is -2.81. The van der Waals surface area contributed by atoms with E-state index in [4.69, 9.17) is 9.47 Å². The molecule has 0 unspecified atom stereocenters. The van der Waals surface area contributed by atoms with Gasteiger partial charge in [-0.05, 0) is 24.5 Å². The first-order valence-corrected chi connectivity index (χ1v) is 14.1. The molecule has 4 aliphatic rings. The Morgan fingerprint density at radius 1 is 1.12 bits per heavy atom. The number of fused-ring (bicyclic) bond motifs is 5. The third kappa shape index (κ3) is 4.35. The molecule has 8 atom stereocenters. The number of carbonyl (C=O) groups is 3. The molecule has 4 aliphatic carbocycles. The van der Waals surface area contributed by atoms with Crippen LogP contribution in [0, 0.1) is 29.1 Å². The standard InChI is InChI=1S/C32H42O8/c1-7-8-9-10-11-12-13-14-25(35)39-28-20(3)31(38)23(26-29(5,6)32(26,28)40-21(4)34)16-22(18-33)17-30(37)24(31)15-19(2)27(30)36/h9-16,20,23-24,26,28,33,37-38H,7-8,17-18H2,1-6H3/b10-9+,12-11+,14-13-/t20-,23+,24+,26+,28-,30-,31-,32-/m1/s1. The van der Waals surface area contributed by atoms with Crippen molar-refractivity contribution in [2.75, 3.05) is 6.61 Å². The zero-order valence-electron chi connectivity index (χ0n) is 24.2. The van der Waals surface area contributed by atoms with Gasteiger partial charge in [0.2, 0.25) is 0 Å². The highest BCUT2D eigenvalue weighted by molar-refractivity contribution is 6.04. The fraction of sp³-hybridized carbons (Fsp3) is 0.594. The first-order valence-electron chi connectivity index (χ1n) is 14.1. The predicted molar refractivity (Wildman–Crippen MR) is 149 cm³/mol. The number of carbonyl (C=O) groups excluding carboxylic acids is 3. The van der Waals surface area contributed by atoms with Crippen LogP contribution in [0.1, 0.15) is 60.8 Å². The average molecular weight is 555 g/mol. The van der Waals surface area contributed by atoms with E-state index in [9.17, 15) is 29.7 Å². The molecule has 0 heterocycles. The number of allylic oxidation sites excluding steroid dienone is 5. The minimum atomic E-state index is -1.96. The largest absolute Gasteiger partial charge is 0.455 e. The van der Waals surface area contributed by atoms with Crippen molar-refractivity contribution in [3.8, 4) is 0 Å². The zero-order valence-corrected chi connectivity index (χ0v) is 24.2. The minimum Gasteiger partial charge on any atom is -0.455 e. The van der Waals surface area contributed by atoms with E-state index in [1.807, 2.05) is 26.0 Å². The number of ketones is 1. The Bertz CT molecular complexity index is 1220. The molecule has 0 aromatic carbocycles. The lowest BCUT2D eigenvalue weighted by Crippen LogP contribution is -2.66. The van der Waals surface area contributed by atoms with Gasteiger partial charge >= 0.3 is 11.9 Å². The van der Waals surface area contributed by atoms with Crippen LogP contribution in [0.15, 0.2) is 59.8 Å². The van der Waals surface area contributed by atoms with Gasteiger partial charge in [0.15, 0.2) is 11.4 Å². The molecule has 8 nitrogen and oxygen atoms in total. The number of unbranched alkanes of at least 4 members (excludes halogenated alkanes) is 1. The monoisotopic (exact) mass is 554 g/mol. The Morgan fingerprint density at radius 3 is 2.42 bits per heavy atom. The van der Waals surface area contributed by atoms with Crippen LogP contribution in [0.25, 0.3) is 0 Å². The van der Waals surface area contributed by atoms with Gasteiger partial charge in [-0.1, -0.05) is 76.6 Å². The van der Waals surface area contributed by atoms with Gasteiger partial charge in [0, 0.05) is 48.5 Å². The molecule has 0 saturated heterocycles. The molecular weight excluding hydrogens is 512 g/mol. The van der Waals surface area contributed by atoms with Crippen molar-refractivity contribution < 1.29 is 39.2 Å². The van der Waals surface area contributed by atoms with Crippen molar-refractivity contribution in [2.45, 2.75) is 83.7 Å². The van der Waals surface area contributed by atoms with E-state index in [-0.39, 0.29) is 6.42 Å². The fourth-order valence-electron chi connectivity index (χ4n) is 7.83. The number of hydrogen-bond donors (Lipinski definition) is 3. The molecule has 0 amide bonds. The number of Topliss-reactive ketones (excluding diaryl/α,β-unsaturated/α-hetero) is 1. The summed E-state index contributed by atoms with van der Waals surface area (Å²) in [7, 11) is 0. The van der Waals surface area contributed by atoms with Gasteiger partial charge in [-0.25, -0.2) is 4.79 Å². The van der Waals surface area contributed by atoms with E-state index in [0.29, 0.717) is 11.1 Å². The molecule has 0 spiro atoms. The van der Waals surface area contributed by atoms with E-state index in [0.717, 1.165) is 12.8 Å². The molecule has 3 N–H and O–H groups in total. The van der Waals surface area contributed by atoms with Gasteiger partial charge in [0.1, 0.15) is 11.7 Å². The molecule has 0 aliphatic heterocycles. The first kappa shape index (κ1) is 30.2. The smallest absolute Gasteiger partial charge is 0.331 e. The summed E-state index contributed by atoms with van der Waals surface area (Å²) < 4.78 is 12.0. The summed E-state index contributed by atoms with van der Waals surface area (Å²) in [5, 5.41) is 34.6. The highest BCUT2D eigenvalue weighted by Crippen LogP contribution is 2.77. The molecular formula is C32H42O8. The van der Waals surface area contributed by atoms with Crippen LogP contribution in [-0.4, -0.2) is 62.6 Å². The number of hydrogen-bond acceptors (Lipinski definition) is 8. The summed E-state index contributed by atoms with van der Waals surface area (Å²) in [5.41, 5.74) is -4.94. The molecule has 0 aromatic rings. The number of esters is 2. The quantitative estimate of drug-likeness (QED) is 0.180. The Morgan fingerprint density at radius 2 is 1.80 bits per heavy atom. The predicted octanol–water partition coefficient (Wildman–Crippen LogP) is 3.52. The summed E-state index contributed by atoms with van der Waals surface area (Å²) in [6, 6.07) is 0. The average Bonchev–Trinajstić information content (AvgIpc) is 3.31. The summed E-state index contributed by atoms with van der Waals surface area (Å²) in [6.45, 7) is 10.1. The van der Waals surface area contributed by atoms with Crippen molar-refractivity contribution in [2.24, 2.45) is 29.1 Å². The van der Waals surface area contributed by atoms with E-state index in [2.05, 4.69) is 6.92 Å². The second kappa shape index (κ2) is 10.5. The Balaban J connectivity index is 1.78. The third-order valence-corrected chi connectivity index (χ3v) is 9.67. The van der Waals surface area contributed by atoms with E-state index < -0.39 is 76.3 Å². The maximum Gasteiger partial charge on any atom is 0.331 e. The van der Waals surface area contributed by atoms with Gasteiger partial charge in [-0.3, -0.25) is 9.59 Å². The summed E-state index contributed by atoms with van der Waals surface area (Å²) in [5.74, 6) is -4.80. The van der Waals surface area contributed by atoms with E-state index in [1.54, 1.807) is 44.2 Å². The molecule has 40 heavy (non-hydrogen) atoms. The molecule has 0 bridgehead atoms. The molecule has 0 aromatic heterocycles. The zero-order chi connectivity index (χ0) is 29.7. The number of aliphatic hydroxyl groups excluding tert-OH is 1. The normalized spacial score (nSPS) is 39.8. The van der Waals surface area contributed by atoms with Gasteiger partial charge < -0.3 is 24.8 Å². The van der Waals surface area contributed by atoms with Crippen molar-refractivity contribution in [3.05, 3.63) is 59.8 Å². The van der Waals surface area contributed by atoms with Crippen molar-refractivity contribution in [1.29, 1.82) is 0 Å². The van der Waals surface area contributed by atoms with Crippen LogP contribution < -0.4 is 0 Å². The topological polar surface area (TPSA) is 130 Å². The maximum absolute atomic E-state index is 13.2. The maximum atomic E-state index is 13.2. The third-order valence-electron chi connectivity index (χ3n) is 9.67. The van der Waals surface area contributed by atoms with Gasteiger partial charge in [-0.15, -0.1) is 0 Å². The van der Waals surface area contributed by atoms with Gasteiger partial charge in [-0.2, -0.15) is 0 Å². The fourth-order valence-corrected chi connectivity index (χ4v) is 7.83. The lowest BCUT2D eigenvalue weighted by atomic mass is 9.59. The Labute approximate surface area is 236 Å². The lowest BCUT2D eigenvalue weighted by molar-refractivity contribution is -0.226. The molecule has 2 saturated carbocycles. The number of aliphatic hydroxyl groups is 3. The minimum absolute atomic E-state index is 0.133. The second-order valence-corrected chi connectivity index (χ2v) is 12.3. The van der Waals surface area contributed by atoms with Crippen LogP contribution in [0.4, 0.5) is 0 Å². The number of rotatable bonds is 8. The molecule has 0 radical (unpaired) electrons. The first-order chi connectivity index (χ1) is 18.7. The molecule has 8 heteroatoms. The number of ether oxygens (including phenoxy) is 2. The summed E-state index contributed by atoms with van der Waals surface area (Å²) in [6.07, 6.45) is 14.4. The highest BCUT2D eigenvalue weighted by Gasteiger charge is 2.87. The van der Waals surface area contributed by atoms with Gasteiger partial charge in [0.05, 0.1) is 12.2 Å². The van der Waals surface area contributed by atoms with Crippen LogP contribution >= 0.6 is 0 Å². The van der Waals surface area contributed by atoms with Crippen LogP contribution in [-0.2, 0) is 23.9 Å². The van der Waals surface area contributed by atoms with Crippen LogP contribution in [0.2, 0.25) is 0 Å². The second-order valence-electron chi connectivity index (χ2n) is 12.3. The van der Waals surface area contributed by atoms with Crippen LogP contribution in [0.3, 0.4) is 0 Å². The molecule has 218 valence electrons. The van der Waals surface area contributed by atoms with Crippen molar-refractivity contribution in [1.82, 2.24) is 0 Å². The Kier molecular flexibility index (Phi) is 7.95.